The summed E-state index contributed by atoms with van der Waals surface area (Å²) in [5.74, 6) is 1.22. The molecular formula is C24H33FN2O. The quantitative estimate of drug-likeness (QED) is 0.550. The molecule has 152 valence electrons. The average Bonchev–Trinajstić information content (AvgIpc) is 3.31. The summed E-state index contributed by atoms with van der Waals surface area (Å²) in [6.07, 6.45) is 8.91. The second kappa shape index (κ2) is 9.90. The summed E-state index contributed by atoms with van der Waals surface area (Å²) in [6.45, 7) is 6.32. The topological polar surface area (TPSA) is 25.2 Å². The highest BCUT2D eigenvalue weighted by molar-refractivity contribution is 5.76. The van der Waals surface area contributed by atoms with Crippen LogP contribution in [0.25, 0.3) is 0 Å². The third-order valence-electron chi connectivity index (χ3n) is 5.70. The molecule has 0 bridgehead atoms. The number of hydrogen-bond donors (Lipinski definition) is 0. The van der Waals surface area contributed by atoms with Gasteiger partial charge in [-0.15, -0.1) is 0 Å². The summed E-state index contributed by atoms with van der Waals surface area (Å²) < 4.78 is 15.6. The molecule has 1 aliphatic carbocycles. The van der Waals surface area contributed by atoms with Crippen LogP contribution in [0.3, 0.4) is 0 Å². The van der Waals surface area contributed by atoms with E-state index in [1.807, 2.05) is 23.2 Å². The molecule has 0 unspecified atom stereocenters. The second-order valence-electron chi connectivity index (χ2n) is 8.61. The van der Waals surface area contributed by atoms with E-state index in [0.717, 1.165) is 30.1 Å². The zero-order valence-corrected chi connectivity index (χ0v) is 17.2. The van der Waals surface area contributed by atoms with Gasteiger partial charge in [-0.05, 0) is 48.1 Å². The first-order valence-electron chi connectivity index (χ1n) is 10.7. The van der Waals surface area contributed by atoms with Crippen molar-refractivity contribution >= 4 is 5.91 Å². The molecule has 0 atom stereocenters. The molecule has 1 aromatic heterocycles. The molecule has 2 aromatic rings. The van der Waals surface area contributed by atoms with Crippen LogP contribution >= 0.6 is 0 Å². The minimum Gasteiger partial charge on any atom is -0.345 e. The fourth-order valence-electron chi connectivity index (χ4n) is 4.25. The number of benzene rings is 1. The Bertz CT molecular complexity index is 761. The van der Waals surface area contributed by atoms with Gasteiger partial charge in [-0.2, -0.15) is 0 Å². The number of carbonyl (C=O) groups excluding carboxylic acids is 1. The summed E-state index contributed by atoms with van der Waals surface area (Å²) >= 11 is 0. The predicted molar refractivity (Wildman–Crippen MR) is 111 cm³/mol. The number of nitrogens with zero attached hydrogens (tertiary/aromatic N) is 2. The third kappa shape index (κ3) is 5.95. The molecule has 28 heavy (non-hydrogen) atoms. The zero-order valence-electron chi connectivity index (χ0n) is 17.2. The Morgan fingerprint density at radius 1 is 1.21 bits per heavy atom. The molecule has 0 aliphatic heterocycles. The summed E-state index contributed by atoms with van der Waals surface area (Å²) in [5, 5.41) is 0. The van der Waals surface area contributed by atoms with Crippen molar-refractivity contribution in [3.05, 3.63) is 59.7 Å². The van der Waals surface area contributed by atoms with Gasteiger partial charge in [0, 0.05) is 31.4 Å². The van der Waals surface area contributed by atoms with Gasteiger partial charge in [-0.3, -0.25) is 4.79 Å². The standard InChI is InChI=1S/C24H33FN2O/c1-19(2)16-27(24(28)13-12-20-7-3-4-8-20)18-23-11-6-14-26(23)17-21-9-5-10-22(25)15-21/h5-6,9-11,14-15,19-20H,3-4,7-8,12-13,16-18H2,1-2H3. The van der Waals surface area contributed by atoms with Crippen molar-refractivity contribution in [2.45, 2.75) is 65.5 Å². The molecule has 1 aliphatic rings. The molecule has 0 radical (unpaired) electrons. The van der Waals surface area contributed by atoms with E-state index >= 15 is 0 Å². The van der Waals surface area contributed by atoms with Crippen LogP contribution in [0, 0.1) is 17.7 Å². The Balaban J connectivity index is 1.65. The molecule has 4 heteroatoms. The number of carbonyl (C=O) groups is 1. The Hall–Kier alpha value is -2.10. The van der Waals surface area contributed by atoms with Gasteiger partial charge < -0.3 is 9.47 Å². The Labute approximate surface area is 168 Å². The molecule has 3 nitrogen and oxygen atoms in total. The first-order valence-corrected chi connectivity index (χ1v) is 10.7. The highest BCUT2D eigenvalue weighted by Gasteiger charge is 2.20. The van der Waals surface area contributed by atoms with Crippen LogP contribution < -0.4 is 0 Å². The van der Waals surface area contributed by atoms with Crippen molar-refractivity contribution in [1.82, 2.24) is 9.47 Å². The van der Waals surface area contributed by atoms with Gasteiger partial charge in [0.1, 0.15) is 5.82 Å². The maximum atomic E-state index is 13.5. The lowest BCUT2D eigenvalue weighted by Gasteiger charge is -2.26. The summed E-state index contributed by atoms with van der Waals surface area (Å²) in [6, 6.07) is 10.8. The van der Waals surface area contributed by atoms with Crippen molar-refractivity contribution in [3.63, 3.8) is 0 Å². The molecule has 1 amide bonds. The zero-order chi connectivity index (χ0) is 19.9. The number of aromatic nitrogens is 1. The van der Waals surface area contributed by atoms with E-state index in [9.17, 15) is 9.18 Å². The van der Waals surface area contributed by atoms with Crippen LogP contribution in [0.4, 0.5) is 4.39 Å². The van der Waals surface area contributed by atoms with Gasteiger partial charge in [-0.25, -0.2) is 4.39 Å². The summed E-state index contributed by atoms with van der Waals surface area (Å²) in [4.78, 5) is 15.0. The molecule has 1 heterocycles. The Morgan fingerprint density at radius 3 is 2.71 bits per heavy atom. The van der Waals surface area contributed by atoms with E-state index in [4.69, 9.17) is 0 Å². The highest BCUT2D eigenvalue weighted by atomic mass is 19.1. The van der Waals surface area contributed by atoms with Gasteiger partial charge in [-0.1, -0.05) is 51.7 Å². The Morgan fingerprint density at radius 2 is 2.00 bits per heavy atom. The normalized spacial score (nSPS) is 14.7. The fraction of sp³-hybridized carbons (Fsp3) is 0.542. The monoisotopic (exact) mass is 384 g/mol. The van der Waals surface area contributed by atoms with Crippen molar-refractivity contribution in [2.75, 3.05) is 6.54 Å². The molecule has 1 saturated carbocycles. The van der Waals surface area contributed by atoms with Crippen LogP contribution in [0.2, 0.25) is 0 Å². The lowest BCUT2D eigenvalue weighted by atomic mass is 10.0. The molecule has 1 aromatic carbocycles. The molecule has 1 fully saturated rings. The van der Waals surface area contributed by atoms with Crippen LogP contribution in [0.15, 0.2) is 42.6 Å². The number of halogens is 1. The lowest BCUT2D eigenvalue weighted by Crippen LogP contribution is -2.34. The predicted octanol–water partition coefficient (Wildman–Crippen LogP) is 5.63. The highest BCUT2D eigenvalue weighted by Crippen LogP contribution is 2.29. The Kier molecular flexibility index (Phi) is 7.30. The largest absolute Gasteiger partial charge is 0.345 e. The smallest absolute Gasteiger partial charge is 0.222 e. The van der Waals surface area contributed by atoms with Gasteiger partial charge >= 0.3 is 0 Å². The van der Waals surface area contributed by atoms with Crippen molar-refractivity contribution < 1.29 is 9.18 Å². The first kappa shape index (κ1) is 20.6. The third-order valence-corrected chi connectivity index (χ3v) is 5.70. The van der Waals surface area contributed by atoms with E-state index < -0.39 is 0 Å². The van der Waals surface area contributed by atoms with Crippen LogP contribution in [-0.2, 0) is 17.9 Å². The molecule has 0 spiro atoms. The van der Waals surface area contributed by atoms with Crippen molar-refractivity contribution in [2.24, 2.45) is 11.8 Å². The van der Waals surface area contributed by atoms with Crippen molar-refractivity contribution in [3.8, 4) is 0 Å². The number of rotatable bonds is 9. The average molecular weight is 385 g/mol. The summed E-state index contributed by atoms with van der Waals surface area (Å²) in [7, 11) is 0. The summed E-state index contributed by atoms with van der Waals surface area (Å²) in [5.41, 5.74) is 2.03. The maximum absolute atomic E-state index is 13.5. The van der Waals surface area contributed by atoms with E-state index in [2.05, 4.69) is 24.5 Å². The van der Waals surface area contributed by atoms with Crippen LogP contribution in [0.1, 0.15) is 63.6 Å². The van der Waals surface area contributed by atoms with Gasteiger partial charge in [0.05, 0.1) is 6.54 Å². The van der Waals surface area contributed by atoms with Gasteiger partial charge in [0.15, 0.2) is 0 Å². The van der Waals surface area contributed by atoms with E-state index in [1.54, 1.807) is 12.1 Å². The molecule has 0 N–H and O–H groups in total. The minimum absolute atomic E-state index is 0.213. The van der Waals surface area contributed by atoms with E-state index in [1.165, 1.54) is 31.7 Å². The van der Waals surface area contributed by atoms with E-state index in [0.29, 0.717) is 25.4 Å². The first-order chi connectivity index (χ1) is 13.5. The SMILES string of the molecule is CC(C)CN(Cc1cccn1Cc1cccc(F)c1)C(=O)CCC1CCCC1. The maximum Gasteiger partial charge on any atom is 0.222 e. The minimum atomic E-state index is -0.213. The number of amides is 1. The van der Waals surface area contributed by atoms with Gasteiger partial charge in [0.2, 0.25) is 5.91 Å². The fourth-order valence-corrected chi connectivity index (χ4v) is 4.25. The van der Waals surface area contributed by atoms with Crippen molar-refractivity contribution in [1.29, 1.82) is 0 Å². The van der Waals surface area contributed by atoms with E-state index in [-0.39, 0.29) is 11.7 Å². The van der Waals surface area contributed by atoms with Crippen LogP contribution in [-0.4, -0.2) is 21.9 Å². The van der Waals surface area contributed by atoms with Gasteiger partial charge in [0.25, 0.3) is 0 Å². The molecular weight excluding hydrogens is 351 g/mol. The van der Waals surface area contributed by atoms with Crippen LogP contribution in [0.5, 0.6) is 0 Å². The molecule has 3 rings (SSSR count). The lowest BCUT2D eigenvalue weighted by molar-refractivity contribution is -0.132. The molecule has 0 saturated heterocycles. The second-order valence-corrected chi connectivity index (χ2v) is 8.61. The number of hydrogen-bond acceptors (Lipinski definition) is 1.